The highest BCUT2D eigenvalue weighted by atomic mass is 16.4. The minimum absolute atomic E-state index is 0.0370. The number of aromatic amines is 1. The van der Waals surface area contributed by atoms with Gasteiger partial charge < -0.3 is 42.2 Å². The third kappa shape index (κ3) is 9.36. The molecular formula is C11H19N5O9. The molecule has 142 valence electrons. The summed E-state index contributed by atoms with van der Waals surface area (Å²) in [6.45, 7) is 0. The molecule has 0 aromatic carbocycles. The Labute approximate surface area is 139 Å². The molecule has 1 aromatic rings. The molecule has 25 heavy (non-hydrogen) atoms. The van der Waals surface area contributed by atoms with Gasteiger partial charge in [0.25, 0.3) is 0 Å². The van der Waals surface area contributed by atoms with Crippen LogP contribution >= 0.6 is 0 Å². The van der Waals surface area contributed by atoms with Crippen LogP contribution < -0.4 is 22.5 Å². The molecule has 10 N–H and O–H groups in total. The lowest BCUT2D eigenvalue weighted by atomic mass is 10.2. The Bertz CT molecular complexity index is 647. The van der Waals surface area contributed by atoms with Crippen LogP contribution in [-0.2, 0) is 16.6 Å². The Kier molecular flexibility index (Phi) is 10.7. The third-order valence-electron chi connectivity index (χ3n) is 2.31. The van der Waals surface area contributed by atoms with Crippen LogP contribution in [-0.4, -0.2) is 73.1 Å². The van der Waals surface area contributed by atoms with Crippen molar-refractivity contribution in [3.05, 3.63) is 22.4 Å². The van der Waals surface area contributed by atoms with Gasteiger partial charge >= 0.3 is 23.7 Å². The van der Waals surface area contributed by atoms with E-state index < -0.39 is 41.8 Å². The predicted octanol–water partition coefficient (Wildman–Crippen LogP) is -4.03. The maximum absolute atomic E-state index is 10.6. The number of aliphatic hydroxyl groups is 2. The molecule has 0 aliphatic carbocycles. The number of aromatic carboxylic acids is 1. The molecule has 0 saturated heterocycles. The van der Waals surface area contributed by atoms with Crippen LogP contribution in [0.5, 0.6) is 0 Å². The first-order valence-electron chi connectivity index (χ1n) is 6.19. The molecule has 0 aliphatic rings. The summed E-state index contributed by atoms with van der Waals surface area (Å²) in [5.41, 5.74) is 8.55. The summed E-state index contributed by atoms with van der Waals surface area (Å²) in [4.78, 5) is 52.4. The van der Waals surface area contributed by atoms with Gasteiger partial charge in [-0.1, -0.05) is 0 Å². The highest BCUT2D eigenvalue weighted by Gasteiger charge is 2.27. The predicted molar refractivity (Wildman–Crippen MR) is 80.5 cm³/mol. The molecule has 0 bridgehead atoms. The molecule has 1 heterocycles. The van der Waals surface area contributed by atoms with Crippen molar-refractivity contribution in [2.45, 2.75) is 12.2 Å². The first kappa shape index (κ1) is 23.9. The van der Waals surface area contributed by atoms with Crippen molar-refractivity contribution in [1.29, 1.82) is 0 Å². The van der Waals surface area contributed by atoms with Crippen LogP contribution in [0.15, 0.2) is 11.0 Å². The monoisotopic (exact) mass is 365 g/mol. The van der Waals surface area contributed by atoms with Crippen molar-refractivity contribution >= 4 is 23.9 Å². The lowest BCUT2D eigenvalue weighted by molar-refractivity contribution is -0.157. The van der Waals surface area contributed by atoms with Crippen LogP contribution in [0.4, 0.5) is 4.79 Å². The smallest absolute Gasteiger partial charge is 0.354 e. The molecule has 0 saturated carbocycles. The van der Waals surface area contributed by atoms with E-state index in [0.29, 0.717) is 0 Å². The van der Waals surface area contributed by atoms with Crippen molar-refractivity contribution in [3.63, 3.8) is 0 Å². The van der Waals surface area contributed by atoms with Gasteiger partial charge in [0, 0.05) is 20.3 Å². The minimum atomic E-state index is -2.14. The number of imidazole rings is 1. The molecule has 0 fully saturated rings. The van der Waals surface area contributed by atoms with Gasteiger partial charge in [-0.2, -0.15) is 0 Å². The van der Waals surface area contributed by atoms with E-state index in [9.17, 15) is 24.0 Å². The van der Waals surface area contributed by atoms with Gasteiger partial charge in [-0.15, -0.1) is 0 Å². The largest absolute Gasteiger partial charge is 0.479 e. The van der Waals surface area contributed by atoms with Crippen LogP contribution in [0.2, 0.25) is 0 Å². The maximum Gasteiger partial charge on any atom is 0.354 e. The number of hydrogen-bond acceptors (Lipinski definition) is 7. The topological polar surface area (TPSA) is 251 Å². The second kappa shape index (κ2) is 11.2. The van der Waals surface area contributed by atoms with E-state index in [1.807, 2.05) is 0 Å². The highest BCUT2D eigenvalue weighted by Crippen LogP contribution is 1.91. The molecule has 0 spiro atoms. The van der Waals surface area contributed by atoms with Gasteiger partial charge in [0.1, 0.15) is 5.69 Å². The molecule has 0 aliphatic heterocycles. The van der Waals surface area contributed by atoms with Crippen LogP contribution in [0, 0.1) is 0 Å². The van der Waals surface area contributed by atoms with E-state index in [1.54, 1.807) is 0 Å². The number of hydrogen-bond donors (Lipinski definition) is 8. The van der Waals surface area contributed by atoms with Gasteiger partial charge in [-0.25, -0.2) is 19.2 Å². The van der Waals surface area contributed by atoms with E-state index in [2.05, 4.69) is 21.8 Å². The number of rotatable bonds is 4. The molecule has 2 atom stereocenters. The zero-order valence-corrected chi connectivity index (χ0v) is 13.2. The molecule has 0 unspecified atom stereocenters. The van der Waals surface area contributed by atoms with Gasteiger partial charge in [0.15, 0.2) is 12.2 Å². The number of nitrogens with zero attached hydrogens (tertiary/aromatic N) is 1. The number of aliphatic hydroxyl groups excluding tert-OH is 2. The zero-order valence-electron chi connectivity index (χ0n) is 13.2. The Hall–Kier alpha value is -3.39. The maximum atomic E-state index is 10.6. The summed E-state index contributed by atoms with van der Waals surface area (Å²) >= 11 is 0. The van der Waals surface area contributed by atoms with E-state index >= 15 is 0 Å². The average Bonchev–Trinajstić information content (AvgIpc) is 2.86. The van der Waals surface area contributed by atoms with Gasteiger partial charge in [-0.3, -0.25) is 9.36 Å². The van der Waals surface area contributed by atoms with E-state index in [0.717, 1.165) is 10.8 Å². The Balaban J connectivity index is 0. The lowest BCUT2D eigenvalue weighted by Crippen LogP contribution is -2.43. The Morgan fingerprint density at radius 3 is 1.72 bits per heavy atom. The number of carbonyl (C=O) groups is 4. The second-order valence-electron chi connectivity index (χ2n) is 4.09. The summed E-state index contributed by atoms with van der Waals surface area (Å²) in [5.74, 6) is -4.07. The zero-order chi connectivity index (χ0) is 20.3. The average molecular weight is 365 g/mol. The molecular weight excluding hydrogens is 346 g/mol. The van der Waals surface area contributed by atoms with Crippen LogP contribution in [0.3, 0.4) is 0 Å². The van der Waals surface area contributed by atoms with Gasteiger partial charge in [0.2, 0.25) is 5.91 Å². The Morgan fingerprint density at radius 1 is 1.16 bits per heavy atom. The number of nitrogens with one attached hydrogen (secondary N) is 2. The van der Waals surface area contributed by atoms with Gasteiger partial charge in [-0.05, 0) is 0 Å². The summed E-state index contributed by atoms with van der Waals surface area (Å²) in [5, 5.41) is 35.4. The van der Waals surface area contributed by atoms with Crippen LogP contribution in [0.1, 0.15) is 10.5 Å². The fraction of sp³-hybridized carbons (Fsp3) is 0.364. The van der Waals surface area contributed by atoms with E-state index in [1.165, 1.54) is 14.1 Å². The molecule has 14 nitrogen and oxygen atoms in total. The number of carboxylic acids is 2. The first-order chi connectivity index (χ1) is 11.4. The van der Waals surface area contributed by atoms with E-state index in [-0.39, 0.29) is 5.69 Å². The second-order valence-corrected chi connectivity index (χ2v) is 4.09. The number of aliphatic carboxylic acids is 1. The standard InChI is InChI=1S/C5H6N2O3.C4H7NO5.C2H6N2O/c1-7-3(4(8)9)2-6-5(7)10;5-3(8)1(6)2(7)4(9)10;1-4-2(3)5/h2H,1H3,(H,6,10)(H,8,9);1-2,6-7H,(H2,5,8)(H,9,10);1H3,(H3,3,4,5)/t;1-,2-;/m.0./s1. The van der Waals surface area contributed by atoms with Crippen LogP contribution in [0.25, 0.3) is 0 Å². The van der Waals surface area contributed by atoms with Crippen molar-refractivity contribution < 1.29 is 39.6 Å². The summed E-state index contributed by atoms with van der Waals surface area (Å²) < 4.78 is 1.03. The van der Waals surface area contributed by atoms with Crippen molar-refractivity contribution in [1.82, 2.24) is 14.9 Å². The molecule has 0 radical (unpaired) electrons. The molecule has 3 amide bonds. The lowest BCUT2D eigenvalue weighted by Gasteiger charge is -2.08. The number of carboxylic acid groups (broad SMARTS) is 2. The summed E-state index contributed by atoms with van der Waals surface area (Å²) in [6.07, 6.45) is -3.03. The molecule has 1 aromatic heterocycles. The SMILES string of the molecule is CNC(N)=O.Cn1c(C(=O)O)c[nH]c1=O.NC(=O)[C@@H](O)[C@H](O)C(=O)O. The number of aromatic nitrogens is 2. The van der Waals surface area contributed by atoms with Gasteiger partial charge in [0.05, 0.1) is 0 Å². The fourth-order valence-electron chi connectivity index (χ4n) is 0.929. The van der Waals surface area contributed by atoms with Crippen molar-refractivity contribution in [2.24, 2.45) is 18.5 Å². The number of H-pyrrole nitrogens is 1. The number of primary amides is 2. The molecule has 1 rings (SSSR count). The van der Waals surface area contributed by atoms with E-state index in [4.69, 9.17) is 20.4 Å². The third-order valence-corrected chi connectivity index (χ3v) is 2.31. The quantitative estimate of drug-likeness (QED) is 0.258. The van der Waals surface area contributed by atoms with Crippen molar-refractivity contribution in [3.8, 4) is 0 Å². The number of carbonyl (C=O) groups excluding carboxylic acids is 2. The summed E-state index contributed by atoms with van der Waals surface area (Å²) in [7, 11) is 2.87. The highest BCUT2D eigenvalue weighted by molar-refractivity contribution is 5.86. The van der Waals surface area contributed by atoms with Crippen molar-refractivity contribution in [2.75, 3.05) is 7.05 Å². The number of amides is 3. The number of nitrogens with two attached hydrogens (primary N) is 2. The summed E-state index contributed by atoms with van der Waals surface area (Å²) in [6, 6.07) is -0.495. The fourth-order valence-corrected chi connectivity index (χ4v) is 0.929. The molecule has 14 heteroatoms. The Morgan fingerprint density at radius 2 is 1.60 bits per heavy atom. The first-order valence-corrected chi connectivity index (χ1v) is 6.19. The minimum Gasteiger partial charge on any atom is -0.479 e. The normalized spacial score (nSPS) is 11.5. The number of urea groups is 1.